The van der Waals surface area contributed by atoms with E-state index in [0.717, 1.165) is 10.5 Å². The van der Waals surface area contributed by atoms with Gasteiger partial charge in [-0.2, -0.15) is 0 Å². The van der Waals surface area contributed by atoms with Gasteiger partial charge >= 0.3 is 6.03 Å². The number of imide groups is 1. The first-order valence-electron chi connectivity index (χ1n) is 11.5. The minimum Gasteiger partial charge on any atom is -0.324 e. The first-order valence-corrected chi connectivity index (χ1v) is 13.0. The highest BCUT2D eigenvalue weighted by molar-refractivity contribution is 7.90. The second kappa shape index (κ2) is 9.09. The van der Waals surface area contributed by atoms with E-state index in [2.05, 4.69) is 10.0 Å². The number of urea groups is 1. The number of benzene rings is 2. The molecule has 35 heavy (non-hydrogen) atoms. The number of hydrogen-bond donors (Lipinski definition) is 2. The number of anilines is 2. The molecule has 10 heteroatoms. The summed E-state index contributed by atoms with van der Waals surface area (Å²) in [6.45, 7) is 7.65. The van der Waals surface area contributed by atoms with Crippen LogP contribution in [0, 0.1) is 6.92 Å². The fourth-order valence-corrected chi connectivity index (χ4v) is 5.07. The van der Waals surface area contributed by atoms with Gasteiger partial charge in [-0.15, -0.1) is 0 Å². The molecule has 1 fully saturated rings. The minimum absolute atomic E-state index is 0.223. The third-order valence-electron chi connectivity index (χ3n) is 6.34. The number of piperidine rings is 1. The van der Waals surface area contributed by atoms with Crippen LogP contribution in [0.3, 0.4) is 0 Å². The number of nitrogens with zero attached hydrogens (tertiary/aromatic N) is 2. The minimum atomic E-state index is -3.46. The smallest absolute Gasteiger partial charge is 0.321 e. The summed E-state index contributed by atoms with van der Waals surface area (Å²) in [6.07, 6.45) is 1.01. The molecule has 0 saturated carbocycles. The maximum Gasteiger partial charge on any atom is 0.321 e. The number of sulfonamides is 1. The molecule has 2 heterocycles. The first kappa shape index (κ1) is 24.9. The van der Waals surface area contributed by atoms with Gasteiger partial charge in [0.05, 0.1) is 21.6 Å². The van der Waals surface area contributed by atoms with Crippen molar-refractivity contribution >= 4 is 39.2 Å². The molecule has 0 spiro atoms. The lowest BCUT2D eigenvalue weighted by Crippen LogP contribution is -2.50. The lowest BCUT2D eigenvalue weighted by molar-refractivity contribution is 0.0926. The van der Waals surface area contributed by atoms with Gasteiger partial charge in [0, 0.05) is 24.8 Å². The van der Waals surface area contributed by atoms with E-state index in [0.29, 0.717) is 42.9 Å². The topological polar surface area (TPSA) is 116 Å². The molecule has 4 rings (SSSR count). The van der Waals surface area contributed by atoms with E-state index in [1.807, 2.05) is 19.1 Å². The Morgan fingerprint density at radius 2 is 1.54 bits per heavy atom. The summed E-state index contributed by atoms with van der Waals surface area (Å²) in [5.74, 6) is -0.830. The monoisotopic (exact) mass is 498 g/mol. The number of nitrogens with one attached hydrogen (secondary N) is 2. The lowest BCUT2D eigenvalue weighted by atomic mass is 10.1. The Hall–Kier alpha value is -3.24. The predicted molar refractivity (Wildman–Crippen MR) is 134 cm³/mol. The van der Waals surface area contributed by atoms with E-state index < -0.39 is 26.6 Å². The maximum absolute atomic E-state index is 13.0. The van der Waals surface area contributed by atoms with Crippen molar-refractivity contribution in [2.24, 2.45) is 0 Å². The maximum atomic E-state index is 13.0. The van der Waals surface area contributed by atoms with Crippen molar-refractivity contribution in [3.8, 4) is 0 Å². The molecule has 2 aliphatic heterocycles. The average Bonchev–Trinajstić information content (AvgIpc) is 3.03. The number of hydrogen-bond acceptors (Lipinski definition) is 5. The summed E-state index contributed by atoms with van der Waals surface area (Å²) in [7, 11) is -3.46. The molecule has 0 bridgehead atoms. The largest absolute Gasteiger partial charge is 0.324 e. The van der Waals surface area contributed by atoms with Crippen LogP contribution in [0.4, 0.5) is 16.2 Å². The van der Waals surface area contributed by atoms with Crippen molar-refractivity contribution < 1.29 is 22.8 Å². The van der Waals surface area contributed by atoms with Gasteiger partial charge in [0.15, 0.2) is 0 Å². The van der Waals surface area contributed by atoms with E-state index in [1.54, 1.807) is 49.9 Å². The van der Waals surface area contributed by atoms with Gasteiger partial charge in [-0.05, 0) is 70.9 Å². The van der Waals surface area contributed by atoms with Crippen molar-refractivity contribution in [2.75, 3.05) is 23.3 Å². The van der Waals surface area contributed by atoms with Crippen molar-refractivity contribution in [3.63, 3.8) is 0 Å². The van der Waals surface area contributed by atoms with Gasteiger partial charge in [-0.25, -0.2) is 22.8 Å². The average molecular weight is 499 g/mol. The third kappa shape index (κ3) is 4.94. The first-order chi connectivity index (χ1) is 16.4. The van der Waals surface area contributed by atoms with Gasteiger partial charge < -0.3 is 10.2 Å². The highest BCUT2D eigenvalue weighted by Gasteiger charge is 2.37. The van der Waals surface area contributed by atoms with Gasteiger partial charge in [-0.3, -0.25) is 9.59 Å². The molecular weight excluding hydrogens is 468 g/mol. The Morgan fingerprint density at radius 1 is 0.943 bits per heavy atom. The van der Waals surface area contributed by atoms with Crippen LogP contribution in [0.25, 0.3) is 0 Å². The number of carbonyl (C=O) groups excluding carboxylic acids is 3. The normalized spacial score (nSPS) is 17.0. The van der Waals surface area contributed by atoms with Crippen LogP contribution < -0.4 is 14.9 Å². The van der Waals surface area contributed by atoms with Crippen LogP contribution in [0.2, 0.25) is 0 Å². The van der Waals surface area contributed by atoms with Crippen LogP contribution in [-0.4, -0.2) is 55.0 Å². The zero-order valence-corrected chi connectivity index (χ0v) is 21.1. The Labute approximate surface area is 205 Å². The number of carbonyl (C=O) groups is 3. The SMILES string of the molecule is Cc1ccc(N2C(=O)c3ccc(NC(=O)N4CCC(NS(=O)(=O)C(C)(C)C)CC4)cc3C2=O)cc1. The van der Waals surface area contributed by atoms with Crippen molar-refractivity contribution in [1.29, 1.82) is 0 Å². The number of aryl methyl sites for hydroxylation is 1. The van der Waals surface area contributed by atoms with Crippen LogP contribution >= 0.6 is 0 Å². The molecule has 0 aromatic heterocycles. The lowest BCUT2D eigenvalue weighted by Gasteiger charge is -2.33. The Balaban J connectivity index is 1.40. The standard InChI is InChI=1S/C25H30N4O5S/c1-16-5-8-19(9-6-16)29-22(30)20-10-7-18(15-21(20)23(29)31)26-24(32)28-13-11-17(12-14-28)27-35(33,34)25(2,3)4/h5-10,15,17,27H,11-14H2,1-4H3,(H,26,32). The molecular formula is C25H30N4O5S. The van der Waals surface area contributed by atoms with Gasteiger partial charge in [0.1, 0.15) is 0 Å². The highest BCUT2D eigenvalue weighted by atomic mass is 32.2. The summed E-state index contributed by atoms with van der Waals surface area (Å²) in [4.78, 5) is 41.4. The molecule has 0 radical (unpaired) electrons. The van der Waals surface area contributed by atoms with Crippen LogP contribution in [0.15, 0.2) is 42.5 Å². The Bertz CT molecular complexity index is 1270. The fourth-order valence-electron chi connectivity index (χ4n) is 4.05. The molecule has 1 saturated heterocycles. The quantitative estimate of drug-likeness (QED) is 0.626. The second-order valence-corrected chi connectivity index (χ2v) is 12.4. The number of likely N-dealkylation sites (tertiary alicyclic amines) is 1. The molecule has 9 nitrogen and oxygen atoms in total. The Morgan fingerprint density at radius 3 is 2.14 bits per heavy atom. The van der Waals surface area contributed by atoms with Crippen LogP contribution in [0.1, 0.15) is 59.9 Å². The molecule has 2 aliphatic rings. The van der Waals surface area contributed by atoms with Gasteiger partial charge in [-0.1, -0.05) is 17.7 Å². The summed E-state index contributed by atoms with van der Waals surface area (Å²) < 4.78 is 26.6. The molecule has 2 N–H and O–H groups in total. The third-order valence-corrected chi connectivity index (χ3v) is 8.60. The van der Waals surface area contributed by atoms with Gasteiger partial charge in [0.25, 0.3) is 11.8 Å². The number of amides is 4. The van der Waals surface area contributed by atoms with E-state index >= 15 is 0 Å². The van der Waals surface area contributed by atoms with Crippen molar-refractivity contribution in [3.05, 3.63) is 59.2 Å². The van der Waals surface area contributed by atoms with Crippen LogP contribution in [0.5, 0.6) is 0 Å². The molecule has 2 aromatic rings. The summed E-state index contributed by atoms with van der Waals surface area (Å²) in [6, 6.07) is 11.2. The second-order valence-electron chi connectivity index (χ2n) is 9.97. The van der Waals surface area contributed by atoms with E-state index in [1.165, 1.54) is 6.07 Å². The van der Waals surface area contributed by atoms with Crippen molar-refractivity contribution in [2.45, 2.75) is 51.3 Å². The number of rotatable bonds is 4. The van der Waals surface area contributed by atoms with E-state index in [9.17, 15) is 22.8 Å². The molecule has 4 amide bonds. The van der Waals surface area contributed by atoms with E-state index in [-0.39, 0.29) is 17.6 Å². The Kier molecular flexibility index (Phi) is 6.46. The number of fused-ring (bicyclic) bond motifs is 1. The molecule has 0 atom stereocenters. The highest BCUT2D eigenvalue weighted by Crippen LogP contribution is 2.30. The molecule has 2 aromatic carbocycles. The van der Waals surface area contributed by atoms with E-state index in [4.69, 9.17) is 0 Å². The predicted octanol–water partition coefficient (Wildman–Crippen LogP) is 3.51. The summed E-state index contributed by atoms with van der Waals surface area (Å²) in [5, 5.41) is 2.79. The summed E-state index contributed by atoms with van der Waals surface area (Å²) in [5.41, 5.74) is 2.46. The molecule has 186 valence electrons. The molecule has 0 unspecified atom stereocenters. The zero-order valence-electron chi connectivity index (χ0n) is 20.3. The zero-order chi connectivity index (χ0) is 25.5. The molecule has 0 aliphatic carbocycles. The van der Waals surface area contributed by atoms with Gasteiger partial charge in [0.2, 0.25) is 10.0 Å². The fraction of sp³-hybridized carbons (Fsp3) is 0.400. The van der Waals surface area contributed by atoms with Crippen molar-refractivity contribution in [1.82, 2.24) is 9.62 Å². The summed E-state index contributed by atoms with van der Waals surface area (Å²) >= 11 is 0. The van der Waals surface area contributed by atoms with Crippen LogP contribution in [-0.2, 0) is 10.0 Å².